The van der Waals surface area contributed by atoms with E-state index < -0.39 is 41.9 Å². The Morgan fingerprint density at radius 2 is 1.50 bits per heavy atom. The summed E-state index contributed by atoms with van der Waals surface area (Å²) in [6.45, 7) is 4.90. The van der Waals surface area contributed by atoms with Gasteiger partial charge in [0.1, 0.15) is 24.4 Å². The molecule has 0 aliphatic carbocycles. The van der Waals surface area contributed by atoms with E-state index in [1.165, 1.54) is 0 Å². The van der Waals surface area contributed by atoms with Crippen LogP contribution in [0.1, 0.15) is 20.8 Å². The summed E-state index contributed by atoms with van der Waals surface area (Å²) in [4.78, 5) is 11.8. The molecular weight excluding hydrogens is 216 g/mol. The number of ketones is 1. The molecule has 6 heteroatoms. The molecule has 0 saturated carbocycles. The Morgan fingerprint density at radius 1 is 1.00 bits per heavy atom. The Bertz CT molecular complexity index is 271. The van der Waals surface area contributed by atoms with Crippen molar-refractivity contribution in [2.45, 2.75) is 51.5 Å². The van der Waals surface area contributed by atoms with Crippen molar-refractivity contribution in [1.82, 2.24) is 0 Å². The molecule has 1 aliphatic rings. The van der Waals surface area contributed by atoms with Crippen LogP contribution >= 0.6 is 0 Å². The number of Topliss-reactive ketones (excluding diaryl/α,β-unsaturated/α-hetero) is 1. The molecule has 1 rings (SSSR count). The quantitative estimate of drug-likeness (QED) is 0.435. The molecular formula is C10H18O6. The molecule has 0 radical (unpaired) electrons. The summed E-state index contributed by atoms with van der Waals surface area (Å²) in [5, 5.41) is 37.5. The zero-order chi connectivity index (χ0) is 12.7. The van der Waals surface area contributed by atoms with Gasteiger partial charge in [-0.25, -0.2) is 0 Å². The number of rotatable bonds is 1. The monoisotopic (exact) mass is 234 g/mol. The van der Waals surface area contributed by atoms with E-state index >= 15 is 0 Å². The van der Waals surface area contributed by atoms with Gasteiger partial charge in [0.2, 0.25) is 0 Å². The first-order chi connectivity index (χ1) is 7.16. The molecule has 1 aliphatic heterocycles. The third-order valence-corrected chi connectivity index (χ3v) is 2.59. The van der Waals surface area contributed by atoms with Gasteiger partial charge in [0.25, 0.3) is 0 Å². The third-order valence-electron chi connectivity index (χ3n) is 2.59. The zero-order valence-corrected chi connectivity index (χ0v) is 9.49. The maximum atomic E-state index is 11.8. The van der Waals surface area contributed by atoms with Gasteiger partial charge in [-0.05, 0) is 0 Å². The van der Waals surface area contributed by atoms with Crippen molar-refractivity contribution in [1.29, 1.82) is 0 Å². The van der Waals surface area contributed by atoms with Crippen LogP contribution in [0.4, 0.5) is 0 Å². The first-order valence-electron chi connectivity index (χ1n) is 5.08. The number of aliphatic hydroxyl groups excluding tert-OH is 4. The molecule has 1 fully saturated rings. The minimum atomic E-state index is -1.67. The lowest BCUT2D eigenvalue weighted by molar-refractivity contribution is -0.276. The van der Waals surface area contributed by atoms with Crippen LogP contribution in [0.5, 0.6) is 0 Å². The fourth-order valence-electron chi connectivity index (χ4n) is 1.50. The summed E-state index contributed by atoms with van der Waals surface area (Å²) in [5.41, 5.74) is -0.770. The van der Waals surface area contributed by atoms with E-state index in [2.05, 4.69) is 0 Å². The molecule has 0 bridgehead atoms. The largest absolute Gasteiger partial charge is 0.387 e. The van der Waals surface area contributed by atoms with Crippen LogP contribution in [0, 0.1) is 5.41 Å². The first kappa shape index (κ1) is 13.5. The molecule has 0 aromatic heterocycles. The van der Waals surface area contributed by atoms with E-state index in [0.29, 0.717) is 0 Å². The summed E-state index contributed by atoms with van der Waals surface area (Å²) in [5.74, 6) is -0.440. The molecule has 1 heterocycles. The predicted molar refractivity (Wildman–Crippen MR) is 53.4 cm³/mol. The summed E-state index contributed by atoms with van der Waals surface area (Å²) < 4.78 is 4.82. The van der Waals surface area contributed by atoms with Crippen LogP contribution in [-0.2, 0) is 9.53 Å². The number of hydrogen-bond acceptors (Lipinski definition) is 6. The second-order valence-electron chi connectivity index (χ2n) is 5.03. The minimum absolute atomic E-state index is 0.440. The normalized spacial score (nSPS) is 40.8. The average Bonchev–Trinajstić information content (AvgIpc) is 2.18. The predicted octanol–water partition coefficient (Wildman–Crippen LogP) is -1.60. The Hall–Kier alpha value is -0.530. The summed E-state index contributed by atoms with van der Waals surface area (Å²) >= 11 is 0. The molecule has 1 saturated heterocycles. The average molecular weight is 234 g/mol. The van der Waals surface area contributed by atoms with Crippen LogP contribution in [0.25, 0.3) is 0 Å². The van der Waals surface area contributed by atoms with E-state index in [1.807, 2.05) is 0 Å². The third kappa shape index (κ3) is 2.41. The molecule has 16 heavy (non-hydrogen) atoms. The van der Waals surface area contributed by atoms with Crippen LogP contribution in [0.15, 0.2) is 0 Å². The first-order valence-corrected chi connectivity index (χ1v) is 5.08. The van der Waals surface area contributed by atoms with Crippen molar-refractivity contribution in [3.8, 4) is 0 Å². The van der Waals surface area contributed by atoms with Crippen LogP contribution in [-0.4, -0.2) is 56.9 Å². The van der Waals surface area contributed by atoms with E-state index in [-0.39, 0.29) is 0 Å². The molecule has 0 aromatic rings. The maximum absolute atomic E-state index is 11.8. The fourth-order valence-corrected chi connectivity index (χ4v) is 1.50. The van der Waals surface area contributed by atoms with E-state index in [1.54, 1.807) is 20.8 Å². The van der Waals surface area contributed by atoms with E-state index in [9.17, 15) is 25.2 Å². The lowest BCUT2D eigenvalue weighted by Crippen LogP contribution is -2.61. The Labute approximate surface area is 93.5 Å². The van der Waals surface area contributed by atoms with Gasteiger partial charge in [-0.3, -0.25) is 4.79 Å². The van der Waals surface area contributed by atoms with Gasteiger partial charge in [-0.1, -0.05) is 20.8 Å². The maximum Gasteiger partial charge on any atom is 0.184 e. The number of ether oxygens (including phenoxy) is 1. The smallest absolute Gasteiger partial charge is 0.184 e. The highest BCUT2D eigenvalue weighted by atomic mass is 16.6. The molecule has 0 spiro atoms. The lowest BCUT2D eigenvalue weighted by atomic mass is 9.83. The second-order valence-corrected chi connectivity index (χ2v) is 5.03. The molecule has 5 atom stereocenters. The van der Waals surface area contributed by atoms with Gasteiger partial charge in [-0.2, -0.15) is 0 Å². The van der Waals surface area contributed by atoms with Crippen molar-refractivity contribution >= 4 is 5.78 Å². The molecule has 5 unspecified atom stereocenters. The SMILES string of the molecule is CC(C)(C)C(=O)C1OC(O)C(O)C(O)C1O. The standard InChI is InChI=1S/C10H18O6/c1-10(2,3)8(14)7-5(12)4(11)6(13)9(15)16-7/h4-7,9,11-13,15H,1-3H3. The van der Waals surface area contributed by atoms with Crippen molar-refractivity contribution in [3.63, 3.8) is 0 Å². The highest BCUT2D eigenvalue weighted by molar-refractivity contribution is 5.88. The van der Waals surface area contributed by atoms with Crippen LogP contribution < -0.4 is 0 Å². The van der Waals surface area contributed by atoms with Gasteiger partial charge >= 0.3 is 0 Å². The van der Waals surface area contributed by atoms with Gasteiger partial charge in [0.05, 0.1) is 0 Å². The second kappa shape index (κ2) is 4.38. The molecule has 0 aromatic carbocycles. The zero-order valence-electron chi connectivity index (χ0n) is 9.49. The summed E-state index contributed by atoms with van der Waals surface area (Å²) in [6.07, 6.45) is -7.74. The minimum Gasteiger partial charge on any atom is -0.387 e. The van der Waals surface area contributed by atoms with Gasteiger partial charge in [0.15, 0.2) is 12.1 Å². The van der Waals surface area contributed by atoms with Gasteiger partial charge < -0.3 is 25.2 Å². The van der Waals surface area contributed by atoms with E-state index in [0.717, 1.165) is 0 Å². The van der Waals surface area contributed by atoms with Crippen molar-refractivity contribution in [2.75, 3.05) is 0 Å². The Balaban J connectivity index is 2.86. The molecule has 6 nitrogen and oxygen atoms in total. The topological polar surface area (TPSA) is 107 Å². The summed E-state index contributed by atoms with van der Waals surface area (Å²) in [6, 6.07) is 0. The Morgan fingerprint density at radius 3 is 1.94 bits per heavy atom. The van der Waals surface area contributed by atoms with E-state index in [4.69, 9.17) is 4.74 Å². The van der Waals surface area contributed by atoms with Crippen molar-refractivity contribution in [2.24, 2.45) is 5.41 Å². The van der Waals surface area contributed by atoms with Gasteiger partial charge in [0, 0.05) is 5.41 Å². The van der Waals surface area contributed by atoms with Crippen LogP contribution in [0.2, 0.25) is 0 Å². The van der Waals surface area contributed by atoms with Crippen molar-refractivity contribution < 1.29 is 30.0 Å². The number of carbonyl (C=O) groups excluding carboxylic acids is 1. The lowest BCUT2D eigenvalue weighted by Gasteiger charge is -2.39. The summed E-state index contributed by atoms with van der Waals surface area (Å²) in [7, 11) is 0. The molecule has 0 amide bonds. The highest BCUT2D eigenvalue weighted by Gasteiger charge is 2.48. The van der Waals surface area contributed by atoms with Gasteiger partial charge in [-0.15, -0.1) is 0 Å². The molecule has 94 valence electrons. The Kier molecular flexibility index (Phi) is 3.71. The fraction of sp³-hybridized carbons (Fsp3) is 0.900. The van der Waals surface area contributed by atoms with Crippen LogP contribution in [0.3, 0.4) is 0 Å². The molecule has 4 N–H and O–H groups in total. The highest BCUT2D eigenvalue weighted by Crippen LogP contribution is 2.26. The van der Waals surface area contributed by atoms with Crippen molar-refractivity contribution in [3.05, 3.63) is 0 Å². The number of hydrogen-bond donors (Lipinski definition) is 4. The number of aliphatic hydroxyl groups is 4. The number of carbonyl (C=O) groups is 1.